The lowest BCUT2D eigenvalue weighted by atomic mass is 10.0. The van der Waals surface area contributed by atoms with Crippen LogP contribution in [-0.4, -0.2) is 25.9 Å². The molecule has 0 fully saturated rings. The molecule has 0 saturated carbocycles. The van der Waals surface area contributed by atoms with Crippen LogP contribution < -0.4 is 5.32 Å². The van der Waals surface area contributed by atoms with Crippen molar-refractivity contribution in [1.29, 1.82) is 0 Å². The number of halogens is 3. The van der Waals surface area contributed by atoms with Crippen molar-refractivity contribution >= 4 is 54.7 Å². The lowest BCUT2D eigenvalue weighted by Gasteiger charge is -2.12. The van der Waals surface area contributed by atoms with Crippen LogP contribution in [0.25, 0.3) is 0 Å². The monoisotopic (exact) mass is 537 g/mol. The van der Waals surface area contributed by atoms with Gasteiger partial charge in [0.1, 0.15) is 5.82 Å². The second-order valence-electron chi connectivity index (χ2n) is 6.92. The maximum Gasteiger partial charge on any atom is 0.224 e. The molecule has 3 aromatic carbocycles. The van der Waals surface area contributed by atoms with Crippen molar-refractivity contribution in [2.75, 3.05) is 11.1 Å². The van der Waals surface area contributed by atoms with Crippen LogP contribution in [-0.2, 0) is 14.6 Å². The van der Waals surface area contributed by atoms with E-state index in [4.69, 9.17) is 11.6 Å². The summed E-state index contributed by atoms with van der Waals surface area (Å²) in [5.74, 6) is -1.58. The van der Waals surface area contributed by atoms with E-state index in [9.17, 15) is 22.4 Å². The van der Waals surface area contributed by atoms with Gasteiger partial charge in [-0.1, -0.05) is 39.7 Å². The first-order valence-corrected chi connectivity index (χ1v) is 12.4. The maximum atomic E-state index is 13.0. The third kappa shape index (κ3) is 6.03. The smallest absolute Gasteiger partial charge is 0.224 e. The van der Waals surface area contributed by atoms with Gasteiger partial charge in [-0.2, -0.15) is 0 Å². The summed E-state index contributed by atoms with van der Waals surface area (Å²) in [6.45, 7) is 0. The van der Waals surface area contributed by atoms with E-state index in [2.05, 4.69) is 21.2 Å². The Balaban J connectivity index is 1.68. The van der Waals surface area contributed by atoms with E-state index in [1.807, 2.05) is 0 Å². The molecule has 0 aliphatic carbocycles. The zero-order valence-electron chi connectivity index (χ0n) is 16.6. The lowest BCUT2D eigenvalue weighted by molar-refractivity contribution is -0.116. The van der Waals surface area contributed by atoms with Crippen molar-refractivity contribution in [3.05, 3.63) is 93.2 Å². The highest BCUT2D eigenvalue weighted by Crippen LogP contribution is 2.27. The highest BCUT2D eigenvalue weighted by molar-refractivity contribution is 9.10. The number of hydrogen-bond donors (Lipinski definition) is 1. The van der Waals surface area contributed by atoms with Gasteiger partial charge < -0.3 is 5.32 Å². The molecule has 9 heteroatoms. The first kappa shape index (κ1) is 24.1. The molecular weight excluding hydrogens is 521 g/mol. The molecule has 0 atom stereocenters. The second-order valence-corrected chi connectivity index (χ2v) is 10.4. The van der Waals surface area contributed by atoms with Crippen molar-refractivity contribution in [2.24, 2.45) is 0 Å². The summed E-state index contributed by atoms with van der Waals surface area (Å²) in [5, 5.41) is 2.97. The highest BCUT2D eigenvalue weighted by Gasteiger charge is 2.19. The van der Waals surface area contributed by atoms with Gasteiger partial charge in [0.2, 0.25) is 5.91 Å². The minimum atomic E-state index is -3.64. The number of carbonyl (C=O) groups is 2. The van der Waals surface area contributed by atoms with Crippen LogP contribution in [0.1, 0.15) is 28.8 Å². The molecule has 1 N–H and O–H groups in total. The molecule has 0 radical (unpaired) electrons. The number of sulfone groups is 1. The topological polar surface area (TPSA) is 80.3 Å². The van der Waals surface area contributed by atoms with Gasteiger partial charge in [0, 0.05) is 22.0 Å². The summed E-state index contributed by atoms with van der Waals surface area (Å²) in [4.78, 5) is 25.4. The quantitative estimate of drug-likeness (QED) is 0.296. The predicted molar refractivity (Wildman–Crippen MR) is 125 cm³/mol. The molecule has 0 spiro atoms. The Hall–Kier alpha value is -2.55. The molecule has 3 rings (SSSR count). The van der Waals surface area contributed by atoms with Crippen LogP contribution in [0.4, 0.5) is 10.1 Å². The van der Waals surface area contributed by atoms with Crippen molar-refractivity contribution in [3.8, 4) is 0 Å². The number of hydrogen-bond acceptors (Lipinski definition) is 4. The van der Waals surface area contributed by atoms with Crippen LogP contribution in [0, 0.1) is 5.82 Å². The van der Waals surface area contributed by atoms with Crippen LogP contribution in [0.2, 0.25) is 5.02 Å². The molecule has 0 unspecified atom stereocenters. The summed E-state index contributed by atoms with van der Waals surface area (Å²) in [7, 11) is -3.64. The summed E-state index contributed by atoms with van der Waals surface area (Å²) in [6.07, 6.45) is -0.00786. The Morgan fingerprint density at radius 2 is 1.66 bits per heavy atom. The minimum Gasteiger partial charge on any atom is -0.325 e. The molecule has 0 aliphatic rings. The highest BCUT2D eigenvalue weighted by atomic mass is 79.9. The zero-order valence-corrected chi connectivity index (χ0v) is 19.8. The predicted octanol–water partition coefficient (Wildman–Crippen LogP) is 5.67. The Morgan fingerprint density at radius 1 is 0.969 bits per heavy atom. The second kappa shape index (κ2) is 10.4. The van der Waals surface area contributed by atoms with Crippen LogP contribution >= 0.6 is 27.5 Å². The van der Waals surface area contributed by atoms with Gasteiger partial charge in [0.05, 0.1) is 21.4 Å². The molecule has 0 saturated heterocycles. The van der Waals surface area contributed by atoms with Crippen molar-refractivity contribution < 1.29 is 22.4 Å². The van der Waals surface area contributed by atoms with E-state index in [0.29, 0.717) is 20.7 Å². The van der Waals surface area contributed by atoms with Crippen LogP contribution in [0.5, 0.6) is 0 Å². The SMILES string of the molecule is O=C(CCCS(=O)(=O)c1ccc(F)cc1)Nc1ccc(Br)cc1C(=O)c1ccccc1Cl. The standard InChI is InChI=1S/C23H18BrClFNO4S/c24-15-7-12-21(19(14-15)23(29)18-4-1-2-5-20(18)25)27-22(28)6-3-13-32(30,31)17-10-8-16(26)9-11-17/h1-2,4-5,7-12,14H,3,6,13H2,(H,27,28). The van der Waals surface area contributed by atoms with Gasteiger partial charge in [-0.25, -0.2) is 12.8 Å². The molecular formula is C23H18BrClFNO4S. The summed E-state index contributed by atoms with van der Waals surface area (Å²) in [6, 6.07) is 16.0. The fourth-order valence-electron chi connectivity index (χ4n) is 3.00. The molecule has 3 aromatic rings. The van der Waals surface area contributed by atoms with Crippen molar-refractivity contribution in [3.63, 3.8) is 0 Å². The van der Waals surface area contributed by atoms with Gasteiger partial charge in [-0.05, 0) is 61.0 Å². The van der Waals surface area contributed by atoms with Gasteiger partial charge in [0.25, 0.3) is 0 Å². The van der Waals surface area contributed by atoms with Gasteiger partial charge in [-0.3, -0.25) is 9.59 Å². The Kier molecular flexibility index (Phi) is 7.82. The summed E-state index contributed by atoms with van der Waals surface area (Å²) < 4.78 is 38.3. The fraction of sp³-hybridized carbons (Fsp3) is 0.130. The lowest BCUT2D eigenvalue weighted by Crippen LogP contribution is -2.16. The average Bonchev–Trinajstić information content (AvgIpc) is 2.75. The molecule has 0 aliphatic heterocycles. The van der Waals surface area contributed by atoms with E-state index in [0.717, 1.165) is 12.1 Å². The van der Waals surface area contributed by atoms with Crippen LogP contribution in [0.3, 0.4) is 0 Å². The Labute approximate surface area is 198 Å². The number of benzene rings is 3. The number of ketones is 1. The maximum absolute atomic E-state index is 13.0. The summed E-state index contributed by atoms with van der Waals surface area (Å²) >= 11 is 9.46. The van der Waals surface area contributed by atoms with E-state index in [1.165, 1.54) is 12.1 Å². The fourth-order valence-corrected chi connectivity index (χ4v) is 4.89. The normalized spacial score (nSPS) is 11.2. The van der Waals surface area contributed by atoms with E-state index >= 15 is 0 Å². The number of amides is 1. The van der Waals surface area contributed by atoms with Gasteiger partial charge in [0.15, 0.2) is 15.6 Å². The van der Waals surface area contributed by atoms with Gasteiger partial charge in [-0.15, -0.1) is 0 Å². The minimum absolute atomic E-state index is 0.000148. The Bertz CT molecular complexity index is 1260. The van der Waals surface area contributed by atoms with Gasteiger partial charge >= 0.3 is 0 Å². The third-order valence-corrected chi connectivity index (χ3v) is 7.25. The Morgan fingerprint density at radius 3 is 2.34 bits per heavy atom. The number of rotatable bonds is 8. The number of carbonyl (C=O) groups excluding carboxylic acids is 2. The van der Waals surface area contributed by atoms with E-state index in [1.54, 1.807) is 42.5 Å². The number of nitrogens with one attached hydrogen (secondary N) is 1. The first-order chi connectivity index (χ1) is 15.2. The van der Waals surface area contributed by atoms with Crippen molar-refractivity contribution in [1.82, 2.24) is 0 Å². The largest absolute Gasteiger partial charge is 0.325 e. The summed E-state index contributed by atoms with van der Waals surface area (Å²) in [5.41, 5.74) is 0.845. The third-order valence-electron chi connectivity index (χ3n) is 4.61. The van der Waals surface area contributed by atoms with E-state index in [-0.39, 0.29) is 34.8 Å². The molecule has 1 amide bonds. The van der Waals surface area contributed by atoms with Crippen molar-refractivity contribution in [2.45, 2.75) is 17.7 Å². The molecule has 5 nitrogen and oxygen atoms in total. The van der Waals surface area contributed by atoms with E-state index < -0.39 is 21.6 Å². The molecule has 0 bridgehead atoms. The molecule has 166 valence electrons. The first-order valence-electron chi connectivity index (χ1n) is 9.54. The average molecular weight is 539 g/mol. The molecule has 0 aromatic heterocycles. The number of anilines is 1. The van der Waals surface area contributed by atoms with Crippen LogP contribution in [0.15, 0.2) is 76.1 Å². The zero-order chi connectivity index (χ0) is 23.3. The molecule has 32 heavy (non-hydrogen) atoms. The molecule has 0 heterocycles.